The van der Waals surface area contributed by atoms with Crippen molar-refractivity contribution in [3.05, 3.63) is 22.8 Å². The fraction of sp³-hybridized carbons (Fsp3) is 0.545. The SMILES string of the molecule is CCCOCCOc1ncc(CCl)cc1Cl. The summed E-state index contributed by atoms with van der Waals surface area (Å²) in [6, 6.07) is 1.75. The number of nitrogens with zero attached hydrogens (tertiary/aromatic N) is 1. The lowest BCUT2D eigenvalue weighted by Gasteiger charge is -2.07. The summed E-state index contributed by atoms with van der Waals surface area (Å²) in [5, 5.41) is 0.480. The molecule has 1 heterocycles. The summed E-state index contributed by atoms with van der Waals surface area (Å²) in [4.78, 5) is 4.07. The van der Waals surface area contributed by atoms with E-state index in [9.17, 15) is 0 Å². The molecule has 0 unspecified atom stereocenters. The molecule has 0 aliphatic carbocycles. The summed E-state index contributed by atoms with van der Waals surface area (Å²) >= 11 is 11.6. The third kappa shape index (κ3) is 4.56. The molecule has 16 heavy (non-hydrogen) atoms. The molecule has 0 aromatic carbocycles. The molecule has 0 aliphatic heterocycles. The number of ether oxygens (including phenoxy) is 2. The largest absolute Gasteiger partial charge is 0.474 e. The molecule has 0 saturated heterocycles. The quantitative estimate of drug-likeness (QED) is 0.559. The molecular formula is C11H15Cl2NO2. The van der Waals surface area contributed by atoms with Crippen LogP contribution in [0.4, 0.5) is 0 Å². The number of alkyl halides is 1. The molecule has 3 nitrogen and oxygen atoms in total. The molecule has 90 valence electrons. The molecule has 0 aliphatic rings. The zero-order valence-corrected chi connectivity index (χ0v) is 10.7. The van der Waals surface area contributed by atoms with Gasteiger partial charge in [0.15, 0.2) is 0 Å². The monoisotopic (exact) mass is 263 g/mol. The Morgan fingerprint density at radius 1 is 1.31 bits per heavy atom. The molecule has 0 spiro atoms. The standard InChI is InChI=1S/C11H15Cl2NO2/c1-2-3-15-4-5-16-11-10(13)6-9(7-12)8-14-11/h6,8H,2-5,7H2,1H3. The van der Waals surface area contributed by atoms with Gasteiger partial charge in [0.2, 0.25) is 5.88 Å². The molecule has 0 radical (unpaired) electrons. The minimum Gasteiger partial charge on any atom is -0.474 e. The van der Waals surface area contributed by atoms with Crippen molar-refractivity contribution in [1.29, 1.82) is 0 Å². The number of hydrogen-bond donors (Lipinski definition) is 0. The molecule has 0 bridgehead atoms. The molecule has 0 N–H and O–H groups in total. The van der Waals surface area contributed by atoms with E-state index in [0.29, 0.717) is 30.0 Å². The van der Waals surface area contributed by atoms with Gasteiger partial charge in [-0.2, -0.15) is 0 Å². The van der Waals surface area contributed by atoms with E-state index in [2.05, 4.69) is 11.9 Å². The van der Waals surface area contributed by atoms with Gasteiger partial charge in [0.05, 0.1) is 6.61 Å². The zero-order chi connectivity index (χ0) is 11.8. The maximum Gasteiger partial charge on any atom is 0.232 e. The van der Waals surface area contributed by atoms with E-state index >= 15 is 0 Å². The van der Waals surface area contributed by atoms with E-state index in [1.54, 1.807) is 12.3 Å². The van der Waals surface area contributed by atoms with Crippen molar-refractivity contribution in [3.8, 4) is 5.88 Å². The molecule has 0 atom stereocenters. The van der Waals surface area contributed by atoms with Gasteiger partial charge in [-0.25, -0.2) is 4.98 Å². The van der Waals surface area contributed by atoms with Crippen molar-refractivity contribution in [3.63, 3.8) is 0 Å². The lowest BCUT2D eigenvalue weighted by molar-refractivity contribution is 0.0990. The summed E-state index contributed by atoms with van der Waals surface area (Å²) in [7, 11) is 0. The van der Waals surface area contributed by atoms with Crippen molar-refractivity contribution in [2.45, 2.75) is 19.2 Å². The van der Waals surface area contributed by atoms with Gasteiger partial charge in [-0.05, 0) is 18.1 Å². The third-order valence-corrected chi connectivity index (χ3v) is 2.41. The van der Waals surface area contributed by atoms with Crippen LogP contribution in [-0.2, 0) is 10.6 Å². The summed E-state index contributed by atoms with van der Waals surface area (Å²) in [6.07, 6.45) is 2.66. The second-order valence-electron chi connectivity index (χ2n) is 3.23. The molecule has 0 amide bonds. The van der Waals surface area contributed by atoms with Crippen LogP contribution in [0.3, 0.4) is 0 Å². The first-order chi connectivity index (χ1) is 7.77. The molecule has 0 saturated carbocycles. The first-order valence-corrected chi connectivity index (χ1v) is 6.10. The van der Waals surface area contributed by atoms with Crippen molar-refractivity contribution in [2.24, 2.45) is 0 Å². The smallest absolute Gasteiger partial charge is 0.232 e. The lowest BCUT2D eigenvalue weighted by Crippen LogP contribution is -2.08. The van der Waals surface area contributed by atoms with E-state index in [4.69, 9.17) is 32.7 Å². The zero-order valence-electron chi connectivity index (χ0n) is 9.21. The van der Waals surface area contributed by atoms with Crippen LogP contribution in [0.25, 0.3) is 0 Å². The lowest BCUT2D eigenvalue weighted by atomic mass is 10.3. The Kier molecular flexibility index (Phi) is 6.53. The van der Waals surface area contributed by atoms with E-state index in [0.717, 1.165) is 18.6 Å². The minimum absolute atomic E-state index is 0.395. The highest BCUT2D eigenvalue weighted by Crippen LogP contribution is 2.22. The second-order valence-corrected chi connectivity index (χ2v) is 3.90. The highest BCUT2D eigenvalue weighted by atomic mass is 35.5. The Bertz CT molecular complexity index is 321. The maximum atomic E-state index is 5.96. The highest BCUT2D eigenvalue weighted by Gasteiger charge is 2.04. The summed E-state index contributed by atoms with van der Waals surface area (Å²) in [5.41, 5.74) is 0.876. The van der Waals surface area contributed by atoms with E-state index < -0.39 is 0 Å². The van der Waals surface area contributed by atoms with Crippen LogP contribution in [0.5, 0.6) is 5.88 Å². The summed E-state index contributed by atoms with van der Waals surface area (Å²) in [5.74, 6) is 0.822. The average molecular weight is 264 g/mol. The molecule has 1 aromatic heterocycles. The van der Waals surface area contributed by atoms with Gasteiger partial charge in [0.1, 0.15) is 11.6 Å². The number of aromatic nitrogens is 1. The number of halogens is 2. The predicted octanol–water partition coefficient (Wildman–Crippen LogP) is 3.28. The van der Waals surface area contributed by atoms with Crippen LogP contribution >= 0.6 is 23.2 Å². The van der Waals surface area contributed by atoms with Gasteiger partial charge >= 0.3 is 0 Å². The van der Waals surface area contributed by atoms with E-state index in [1.807, 2.05) is 0 Å². The van der Waals surface area contributed by atoms with Gasteiger partial charge in [0, 0.05) is 18.7 Å². The van der Waals surface area contributed by atoms with Crippen LogP contribution in [0.2, 0.25) is 5.02 Å². The van der Waals surface area contributed by atoms with Gasteiger partial charge in [-0.3, -0.25) is 0 Å². The highest BCUT2D eigenvalue weighted by molar-refractivity contribution is 6.32. The Balaban J connectivity index is 2.36. The molecule has 1 aromatic rings. The van der Waals surface area contributed by atoms with Crippen LogP contribution in [0.15, 0.2) is 12.3 Å². The van der Waals surface area contributed by atoms with Crippen LogP contribution < -0.4 is 4.74 Å². The minimum atomic E-state index is 0.395. The Morgan fingerprint density at radius 3 is 2.75 bits per heavy atom. The molecular weight excluding hydrogens is 249 g/mol. The van der Waals surface area contributed by atoms with Crippen molar-refractivity contribution >= 4 is 23.2 Å². The first-order valence-electron chi connectivity index (χ1n) is 5.18. The maximum absolute atomic E-state index is 5.96. The fourth-order valence-corrected chi connectivity index (χ4v) is 1.48. The number of pyridine rings is 1. The Hall–Kier alpha value is -0.510. The normalized spacial score (nSPS) is 10.4. The predicted molar refractivity (Wildman–Crippen MR) is 65.4 cm³/mol. The molecule has 5 heteroatoms. The van der Waals surface area contributed by atoms with Gasteiger partial charge in [-0.1, -0.05) is 18.5 Å². The molecule has 1 rings (SSSR count). The number of hydrogen-bond acceptors (Lipinski definition) is 3. The van der Waals surface area contributed by atoms with Gasteiger partial charge < -0.3 is 9.47 Å². The van der Waals surface area contributed by atoms with Crippen LogP contribution in [0, 0.1) is 0 Å². The van der Waals surface area contributed by atoms with E-state index in [-0.39, 0.29) is 0 Å². The molecule has 0 fully saturated rings. The van der Waals surface area contributed by atoms with Crippen molar-refractivity contribution in [1.82, 2.24) is 4.98 Å². The van der Waals surface area contributed by atoms with Crippen LogP contribution in [-0.4, -0.2) is 24.8 Å². The van der Waals surface area contributed by atoms with Gasteiger partial charge in [-0.15, -0.1) is 11.6 Å². The van der Waals surface area contributed by atoms with Crippen LogP contribution in [0.1, 0.15) is 18.9 Å². The Labute approximate surface area is 106 Å². The third-order valence-electron chi connectivity index (χ3n) is 1.83. The fourth-order valence-electron chi connectivity index (χ4n) is 1.09. The number of rotatable bonds is 7. The van der Waals surface area contributed by atoms with Crippen molar-refractivity contribution < 1.29 is 9.47 Å². The van der Waals surface area contributed by atoms with Crippen molar-refractivity contribution in [2.75, 3.05) is 19.8 Å². The van der Waals surface area contributed by atoms with E-state index in [1.165, 1.54) is 0 Å². The Morgan fingerprint density at radius 2 is 2.12 bits per heavy atom. The second kappa shape index (κ2) is 7.71. The first kappa shape index (κ1) is 13.6. The average Bonchev–Trinajstić information content (AvgIpc) is 2.30. The summed E-state index contributed by atoms with van der Waals surface area (Å²) < 4.78 is 10.6. The summed E-state index contributed by atoms with van der Waals surface area (Å²) in [6.45, 7) is 3.80. The topological polar surface area (TPSA) is 31.4 Å². The van der Waals surface area contributed by atoms with Gasteiger partial charge in [0.25, 0.3) is 0 Å².